The topological polar surface area (TPSA) is 52.4 Å². The van der Waals surface area contributed by atoms with Gasteiger partial charge in [-0.2, -0.15) is 0 Å². The second-order valence-corrected chi connectivity index (χ2v) is 4.44. The highest BCUT2D eigenvalue weighted by Crippen LogP contribution is 2.22. The third kappa shape index (κ3) is 3.58. The van der Waals surface area contributed by atoms with E-state index in [2.05, 4.69) is 25.6 Å². The molecule has 0 heterocycles. The molecule has 0 fully saturated rings. The minimum absolute atomic E-state index is 0.0113. The zero-order valence-electron chi connectivity index (χ0n) is 9.19. The fourth-order valence-corrected chi connectivity index (χ4v) is 1.23. The molecule has 0 N–H and O–H groups in total. The number of benzene rings is 1. The number of nitrogens with zero attached hydrogens (tertiary/aromatic N) is 1. The van der Waals surface area contributed by atoms with Crippen LogP contribution >= 0.6 is 0 Å². The second kappa shape index (κ2) is 4.29. The van der Waals surface area contributed by atoms with Gasteiger partial charge in [-0.3, -0.25) is 0 Å². The lowest BCUT2D eigenvalue weighted by atomic mass is 9.87. The van der Waals surface area contributed by atoms with Gasteiger partial charge in [0.25, 0.3) is 5.09 Å². The highest BCUT2D eigenvalue weighted by atomic mass is 16.9. The predicted octanol–water partition coefficient (Wildman–Crippen LogP) is 2.69. The molecule has 0 radical (unpaired) electrons. The monoisotopic (exact) mass is 209 g/mol. The summed E-state index contributed by atoms with van der Waals surface area (Å²) in [5.41, 5.74) is 2.11. The maximum atomic E-state index is 9.98. The lowest BCUT2D eigenvalue weighted by Crippen LogP contribution is -2.10. The van der Waals surface area contributed by atoms with Crippen molar-refractivity contribution in [3.8, 4) is 0 Å². The molecular weight excluding hydrogens is 194 g/mol. The number of rotatable bonds is 3. The van der Waals surface area contributed by atoms with E-state index in [-0.39, 0.29) is 12.0 Å². The average Bonchev–Trinajstić information content (AvgIpc) is 2.14. The molecule has 82 valence electrons. The van der Waals surface area contributed by atoms with Crippen molar-refractivity contribution in [3.63, 3.8) is 0 Å². The second-order valence-electron chi connectivity index (χ2n) is 4.44. The summed E-state index contributed by atoms with van der Waals surface area (Å²) in [5, 5.41) is 9.20. The SMILES string of the molecule is CC(C)(C)c1ccc(CO[N+](=O)[O-])cc1. The molecule has 0 bridgehead atoms. The maximum Gasteiger partial charge on any atom is 0.294 e. The Kier molecular flexibility index (Phi) is 3.29. The molecule has 0 spiro atoms. The lowest BCUT2D eigenvalue weighted by Gasteiger charge is -2.18. The van der Waals surface area contributed by atoms with E-state index in [0.717, 1.165) is 5.56 Å². The van der Waals surface area contributed by atoms with Gasteiger partial charge in [0.05, 0.1) is 0 Å². The van der Waals surface area contributed by atoms with Gasteiger partial charge in [0.2, 0.25) is 0 Å². The van der Waals surface area contributed by atoms with Crippen LogP contribution in [-0.2, 0) is 16.9 Å². The van der Waals surface area contributed by atoms with Crippen molar-refractivity contribution in [2.24, 2.45) is 0 Å². The van der Waals surface area contributed by atoms with Gasteiger partial charge in [-0.15, -0.1) is 10.1 Å². The van der Waals surface area contributed by atoms with Crippen molar-refractivity contribution in [1.82, 2.24) is 0 Å². The molecule has 0 aliphatic rings. The molecule has 15 heavy (non-hydrogen) atoms. The van der Waals surface area contributed by atoms with Gasteiger partial charge in [-0.05, 0) is 16.5 Å². The van der Waals surface area contributed by atoms with Gasteiger partial charge in [0.15, 0.2) is 0 Å². The summed E-state index contributed by atoms with van der Waals surface area (Å²) >= 11 is 0. The zero-order chi connectivity index (χ0) is 11.5. The van der Waals surface area contributed by atoms with Crippen LogP contribution in [0.15, 0.2) is 24.3 Å². The molecule has 0 aromatic heterocycles. The molecule has 1 aromatic carbocycles. The average molecular weight is 209 g/mol. The van der Waals surface area contributed by atoms with Crippen LogP contribution in [0.25, 0.3) is 0 Å². The minimum Gasteiger partial charge on any atom is -0.309 e. The lowest BCUT2D eigenvalue weighted by molar-refractivity contribution is -0.763. The molecule has 0 saturated carbocycles. The van der Waals surface area contributed by atoms with E-state index in [1.165, 1.54) is 5.56 Å². The first-order valence-electron chi connectivity index (χ1n) is 4.76. The van der Waals surface area contributed by atoms with E-state index < -0.39 is 5.09 Å². The first-order valence-corrected chi connectivity index (χ1v) is 4.76. The van der Waals surface area contributed by atoms with Crippen molar-refractivity contribution in [2.45, 2.75) is 32.8 Å². The summed E-state index contributed by atoms with van der Waals surface area (Å²) in [6, 6.07) is 7.64. The molecule has 4 nitrogen and oxygen atoms in total. The first kappa shape index (κ1) is 11.5. The molecule has 0 amide bonds. The van der Waals surface area contributed by atoms with Crippen LogP contribution in [-0.4, -0.2) is 5.09 Å². The van der Waals surface area contributed by atoms with E-state index in [9.17, 15) is 10.1 Å². The van der Waals surface area contributed by atoms with E-state index in [1.807, 2.05) is 24.3 Å². The Balaban J connectivity index is 2.69. The van der Waals surface area contributed by atoms with Gasteiger partial charge in [-0.1, -0.05) is 45.0 Å². The maximum absolute atomic E-state index is 9.98. The Hall–Kier alpha value is -1.58. The van der Waals surface area contributed by atoms with Crippen LogP contribution in [0.3, 0.4) is 0 Å². The van der Waals surface area contributed by atoms with Gasteiger partial charge in [-0.25, -0.2) is 0 Å². The molecule has 0 atom stereocenters. The van der Waals surface area contributed by atoms with Crippen molar-refractivity contribution in [2.75, 3.05) is 0 Å². The van der Waals surface area contributed by atoms with Crippen LogP contribution in [0.5, 0.6) is 0 Å². The van der Waals surface area contributed by atoms with Gasteiger partial charge < -0.3 is 4.84 Å². The zero-order valence-corrected chi connectivity index (χ0v) is 9.19. The van der Waals surface area contributed by atoms with E-state index in [0.29, 0.717) is 0 Å². The molecule has 0 saturated heterocycles. The Bertz CT molecular complexity index is 338. The smallest absolute Gasteiger partial charge is 0.294 e. The summed E-state index contributed by atoms with van der Waals surface area (Å²) in [4.78, 5) is 14.3. The summed E-state index contributed by atoms with van der Waals surface area (Å²) < 4.78 is 0. The molecule has 0 unspecified atom stereocenters. The molecule has 1 rings (SSSR count). The highest BCUT2D eigenvalue weighted by molar-refractivity contribution is 5.27. The van der Waals surface area contributed by atoms with Crippen LogP contribution in [0.1, 0.15) is 31.9 Å². The summed E-state index contributed by atoms with van der Waals surface area (Å²) in [5.74, 6) is 0. The van der Waals surface area contributed by atoms with Gasteiger partial charge >= 0.3 is 0 Å². The molecule has 0 aliphatic heterocycles. The largest absolute Gasteiger partial charge is 0.309 e. The summed E-state index contributed by atoms with van der Waals surface area (Å²) in [6.45, 7) is 6.37. The van der Waals surface area contributed by atoms with Crippen molar-refractivity contribution < 1.29 is 9.92 Å². The highest BCUT2D eigenvalue weighted by Gasteiger charge is 2.12. The number of hydrogen-bond acceptors (Lipinski definition) is 3. The molecule has 0 aliphatic carbocycles. The Labute approximate surface area is 89.0 Å². The Morgan fingerprint density at radius 2 is 1.80 bits per heavy atom. The Morgan fingerprint density at radius 3 is 2.20 bits per heavy atom. The van der Waals surface area contributed by atoms with Gasteiger partial charge in [0, 0.05) is 0 Å². The molecular formula is C11H15NO3. The van der Waals surface area contributed by atoms with Crippen LogP contribution < -0.4 is 0 Å². The molecule has 4 heteroatoms. The van der Waals surface area contributed by atoms with Crippen molar-refractivity contribution >= 4 is 0 Å². The Morgan fingerprint density at radius 1 is 1.27 bits per heavy atom. The van der Waals surface area contributed by atoms with Crippen LogP contribution in [0, 0.1) is 10.1 Å². The third-order valence-electron chi connectivity index (χ3n) is 2.16. The third-order valence-corrected chi connectivity index (χ3v) is 2.16. The normalized spacial score (nSPS) is 11.1. The standard InChI is InChI=1S/C11H15NO3/c1-11(2,3)10-6-4-9(5-7-10)8-15-12(13)14/h4-7H,8H2,1-3H3. The van der Waals surface area contributed by atoms with E-state index in [1.54, 1.807) is 0 Å². The van der Waals surface area contributed by atoms with Gasteiger partial charge in [0.1, 0.15) is 6.61 Å². The first-order chi connectivity index (χ1) is 6.89. The fraction of sp³-hybridized carbons (Fsp3) is 0.455. The summed E-state index contributed by atoms with van der Waals surface area (Å²) in [7, 11) is 0. The van der Waals surface area contributed by atoms with E-state index >= 15 is 0 Å². The van der Waals surface area contributed by atoms with Crippen molar-refractivity contribution in [3.05, 3.63) is 45.5 Å². The minimum atomic E-state index is -0.780. The van der Waals surface area contributed by atoms with Crippen molar-refractivity contribution in [1.29, 1.82) is 0 Å². The number of hydrogen-bond donors (Lipinski definition) is 0. The predicted molar refractivity (Wildman–Crippen MR) is 56.9 cm³/mol. The van der Waals surface area contributed by atoms with E-state index in [4.69, 9.17) is 0 Å². The van der Waals surface area contributed by atoms with Crippen LogP contribution in [0.4, 0.5) is 0 Å². The fourth-order valence-electron chi connectivity index (χ4n) is 1.23. The summed E-state index contributed by atoms with van der Waals surface area (Å²) in [6.07, 6.45) is 0. The molecule has 1 aromatic rings. The quantitative estimate of drug-likeness (QED) is 0.568. The van der Waals surface area contributed by atoms with Crippen LogP contribution in [0.2, 0.25) is 0 Å².